The molecule has 7 nitrogen and oxygen atoms in total. The Morgan fingerprint density at radius 2 is 2.20 bits per heavy atom. The van der Waals surface area contributed by atoms with Crippen LogP contribution < -0.4 is 5.56 Å². The Hall–Kier alpha value is -2.61. The first-order chi connectivity index (χ1) is 11.8. The molecule has 0 radical (unpaired) electrons. The van der Waals surface area contributed by atoms with Gasteiger partial charge >= 0.3 is 5.69 Å². The van der Waals surface area contributed by atoms with Crippen LogP contribution in [0, 0.1) is 15.9 Å². The number of benzene rings is 1. The van der Waals surface area contributed by atoms with Crippen molar-refractivity contribution in [2.45, 2.75) is 39.3 Å². The molecule has 0 bridgehead atoms. The van der Waals surface area contributed by atoms with Gasteiger partial charge in [-0.25, -0.2) is 4.98 Å². The second-order valence-corrected chi connectivity index (χ2v) is 6.53. The van der Waals surface area contributed by atoms with E-state index >= 15 is 0 Å². The van der Waals surface area contributed by atoms with Gasteiger partial charge in [0, 0.05) is 38.0 Å². The zero-order chi connectivity index (χ0) is 18.1. The molecule has 1 N–H and O–H groups in total. The fourth-order valence-electron chi connectivity index (χ4n) is 2.96. The zero-order valence-electron chi connectivity index (χ0n) is 14.1. The normalized spacial score (nSPS) is 14.6. The smallest absolute Gasteiger partial charge is 0.305 e. The van der Waals surface area contributed by atoms with Crippen LogP contribution in [0.25, 0.3) is 0 Å². The monoisotopic (exact) mass is 346 g/mol. The summed E-state index contributed by atoms with van der Waals surface area (Å²) in [5, 5.41) is 10.9. The predicted molar refractivity (Wildman–Crippen MR) is 89.8 cm³/mol. The summed E-state index contributed by atoms with van der Waals surface area (Å²) in [6.07, 6.45) is 0.641. The van der Waals surface area contributed by atoms with Gasteiger partial charge in [0.1, 0.15) is 5.82 Å². The van der Waals surface area contributed by atoms with E-state index in [2.05, 4.69) is 9.97 Å². The maximum atomic E-state index is 13.4. The lowest BCUT2D eigenvalue weighted by Gasteiger charge is -2.28. The van der Waals surface area contributed by atoms with Gasteiger partial charge in [0.05, 0.1) is 16.2 Å². The van der Waals surface area contributed by atoms with Gasteiger partial charge in [-0.05, 0) is 11.6 Å². The first kappa shape index (κ1) is 17.2. The Bertz CT molecular complexity index is 879. The summed E-state index contributed by atoms with van der Waals surface area (Å²) in [6, 6.07) is 3.88. The first-order valence-electron chi connectivity index (χ1n) is 8.12. The molecular formula is C17H19FN4O3. The molecule has 1 aromatic heterocycles. The minimum atomic E-state index is -0.848. The van der Waals surface area contributed by atoms with E-state index in [-0.39, 0.29) is 11.5 Å². The van der Waals surface area contributed by atoms with Crippen LogP contribution in [0.4, 0.5) is 10.1 Å². The molecule has 0 unspecified atom stereocenters. The molecule has 8 heteroatoms. The van der Waals surface area contributed by atoms with Gasteiger partial charge in [-0.3, -0.25) is 19.8 Å². The van der Waals surface area contributed by atoms with Crippen molar-refractivity contribution in [3.63, 3.8) is 0 Å². The molecule has 1 aliphatic rings. The van der Waals surface area contributed by atoms with Crippen LogP contribution in [0.2, 0.25) is 0 Å². The topological polar surface area (TPSA) is 92.1 Å². The van der Waals surface area contributed by atoms with E-state index in [1.807, 2.05) is 18.7 Å². The molecule has 1 aliphatic heterocycles. The summed E-state index contributed by atoms with van der Waals surface area (Å²) < 4.78 is 13.4. The number of halogens is 1. The Morgan fingerprint density at radius 3 is 2.88 bits per heavy atom. The summed E-state index contributed by atoms with van der Waals surface area (Å²) in [4.78, 5) is 31.8. The van der Waals surface area contributed by atoms with Crippen molar-refractivity contribution in [3.8, 4) is 0 Å². The van der Waals surface area contributed by atoms with Crippen LogP contribution in [0.15, 0.2) is 23.0 Å². The van der Waals surface area contributed by atoms with E-state index in [0.29, 0.717) is 43.0 Å². The number of rotatable bonds is 4. The highest BCUT2D eigenvalue weighted by atomic mass is 19.1. The minimum absolute atomic E-state index is 0.136. The maximum Gasteiger partial charge on any atom is 0.305 e. The van der Waals surface area contributed by atoms with Gasteiger partial charge in [0.25, 0.3) is 5.56 Å². The second kappa shape index (κ2) is 6.72. The Balaban J connectivity index is 1.81. The molecule has 1 aromatic carbocycles. The average molecular weight is 346 g/mol. The van der Waals surface area contributed by atoms with Gasteiger partial charge < -0.3 is 4.98 Å². The summed E-state index contributed by atoms with van der Waals surface area (Å²) in [6.45, 7) is 5.46. The molecule has 0 saturated heterocycles. The zero-order valence-corrected chi connectivity index (χ0v) is 14.1. The van der Waals surface area contributed by atoms with Crippen LogP contribution in [-0.2, 0) is 19.5 Å². The lowest BCUT2D eigenvalue weighted by Crippen LogP contribution is -2.36. The number of nitro benzene ring substituents is 1. The number of aromatic amines is 1. The van der Waals surface area contributed by atoms with Gasteiger partial charge in [-0.2, -0.15) is 4.39 Å². The van der Waals surface area contributed by atoms with Crippen molar-refractivity contribution in [3.05, 3.63) is 67.1 Å². The molecule has 0 amide bonds. The van der Waals surface area contributed by atoms with Crippen LogP contribution in [0.3, 0.4) is 0 Å². The highest BCUT2D eigenvalue weighted by Crippen LogP contribution is 2.22. The summed E-state index contributed by atoms with van der Waals surface area (Å²) in [5.41, 5.74) is 1.42. The van der Waals surface area contributed by atoms with Crippen LogP contribution >= 0.6 is 0 Å². The number of H-pyrrole nitrogens is 1. The van der Waals surface area contributed by atoms with Crippen molar-refractivity contribution in [1.82, 2.24) is 14.9 Å². The van der Waals surface area contributed by atoms with Crippen molar-refractivity contribution in [1.29, 1.82) is 0 Å². The van der Waals surface area contributed by atoms with E-state index in [0.717, 1.165) is 11.8 Å². The second-order valence-electron chi connectivity index (χ2n) is 6.53. The highest BCUT2D eigenvalue weighted by molar-refractivity contribution is 5.36. The lowest BCUT2D eigenvalue weighted by atomic mass is 10.0. The van der Waals surface area contributed by atoms with Gasteiger partial charge in [-0.1, -0.05) is 19.9 Å². The lowest BCUT2D eigenvalue weighted by molar-refractivity contribution is -0.387. The Labute approximate surface area is 143 Å². The number of nitrogens with zero attached hydrogens (tertiary/aromatic N) is 3. The molecule has 2 heterocycles. The molecule has 0 saturated carbocycles. The molecule has 0 fully saturated rings. The standard InChI is InChI=1S/C17H19FN4O3/c1-10(2)16-19-14-5-6-21(9-12(14)17(23)20-16)8-11-3-4-13(18)15(7-11)22(24)25/h3-4,7,10H,5-6,8-9H2,1-2H3,(H,19,20,23). The summed E-state index contributed by atoms with van der Waals surface area (Å²) in [5.74, 6) is -0.0123. The summed E-state index contributed by atoms with van der Waals surface area (Å²) >= 11 is 0. The fraction of sp³-hybridized carbons (Fsp3) is 0.412. The Morgan fingerprint density at radius 1 is 1.44 bits per heavy atom. The molecule has 3 rings (SSSR count). The van der Waals surface area contributed by atoms with E-state index in [1.54, 1.807) is 0 Å². The third kappa shape index (κ3) is 3.58. The molecule has 0 aliphatic carbocycles. The predicted octanol–water partition coefficient (Wildman–Crippen LogP) is 2.50. The van der Waals surface area contributed by atoms with Gasteiger partial charge in [-0.15, -0.1) is 0 Å². The average Bonchev–Trinajstić information content (AvgIpc) is 2.56. The molecule has 0 atom stereocenters. The highest BCUT2D eigenvalue weighted by Gasteiger charge is 2.23. The SMILES string of the molecule is CC(C)c1nc2c(c(=O)[nH]1)CN(Cc1ccc(F)c([N+](=O)[O-])c1)CC2. The quantitative estimate of drug-likeness (QED) is 0.678. The number of fused-ring (bicyclic) bond motifs is 1. The Kier molecular flexibility index (Phi) is 4.63. The number of hydrogen-bond acceptors (Lipinski definition) is 5. The number of hydrogen-bond donors (Lipinski definition) is 1. The van der Waals surface area contributed by atoms with Crippen molar-refractivity contribution < 1.29 is 9.31 Å². The van der Waals surface area contributed by atoms with Crippen LogP contribution in [0.1, 0.15) is 42.4 Å². The number of aromatic nitrogens is 2. The van der Waals surface area contributed by atoms with Crippen LogP contribution in [0.5, 0.6) is 0 Å². The fourth-order valence-corrected chi connectivity index (χ4v) is 2.96. The number of nitrogens with one attached hydrogen (secondary N) is 1. The van der Waals surface area contributed by atoms with E-state index in [1.165, 1.54) is 12.1 Å². The molecular weight excluding hydrogens is 327 g/mol. The largest absolute Gasteiger partial charge is 0.310 e. The van der Waals surface area contributed by atoms with E-state index in [9.17, 15) is 19.3 Å². The van der Waals surface area contributed by atoms with Crippen molar-refractivity contribution in [2.24, 2.45) is 0 Å². The van der Waals surface area contributed by atoms with Crippen molar-refractivity contribution in [2.75, 3.05) is 6.54 Å². The van der Waals surface area contributed by atoms with Gasteiger partial charge in [0.15, 0.2) is 0 Å². The van der Waals surface area contributed by atoms with E-state index < -0.39 is 16.4 Å². The minimum Gasteiger partial charge on any atom is -0.310 e. The molecule has 0 spiro atoms. The third-order valence-electron chi connectivity index (χ3n) is 4.33. The number of nitro groups is 1. The maximum absolute atomic E-state index is 13.4. The molecule has 25 heavy (non-hydrogen) atoms. The molecule has 132 valence electrons. The van der Waals surface area contributed by atoms with Crippen LogP contribution in [-0.4, -0.2) is 26.3 Å². The first-order valence-corrected chi connectivity index (χ1v) is 8.12. The third-order valence-corrected chi connectivity index (χ3v) is 4.33. The van der Waals surface area contributed by atoms with E-state index in [4.69, 9.17) is 0 Å². The van der Waals surface area contributed by atoms with Gasteiger partial charge in [0.2, 0.25) is 5.82 Å². The molecule has 2 aromatic rings. The summed E-state index contributed by atoms with van der Waals surface area (Å²) in [7, 11) is 0. The van der Waals surface area contributed by atoms with Crippen molar-refractivity contribution >= 4 is 5.69 Å².